The number of rotatable bonds is 5. The van der Waals surface area contributed by atoms with Crippen molar-refractivity contribution in [3.05, 3.63) is 29.3 Å². The minimum atomic E-state index is -3.06. The molecule has 20 heavy (non-hydrogen) atoms. The average Bonchev–Trinajstić information content (AvgIpc) is 2.42. The SMILES string of the molecule is CCCNC1c2ccc(OC)cc2CCC1S(C)(=O)=O. The highest BCUT2D eigenvalue weighted by atomic mass is 32.2. The molecular weight excluding hydrogens is 274 g/mol. The fourth-order valence-corrected chi connectivity index (χ4v) is 4.18. The summed E-state index contributed by atoms with van der Waals surface area (Å²) in [7, 11) is -1.41. The summed E-state index contributed by atoms with van der Waals surface area (Å²) in [6, 6.07) is 5.82. The van der Waals surface area contributed by atoms with Crippen molar-refractivity contribution < 1.29 is 13.2 Å². The van der Waals surface area contributed by atoms with E-state index in [1.54, 1.807) is 7.11 Å². The van der Waals surface area contributed by atoms with Crippen molar-refractivity contribution in [2.75, 3.05) is 19.9 Å². The van der Waals surface area contributed by atoms with Gasteiger partial charge in [-0.1, -0.05) is 13.0 Å². The molecule has 0 aliphatic heterocycles. The van der Waals surface area contributed by atoms with Gasteiger partial charge >= 0.3 is 0 Å². The Morgan fingerprint density at radius 1 is 1.40 bits per heavy atom. The normalized spacial score (nSPS) is 22.4. The first-order valence-corrected chi connectivity index (χ1v) is 9.02. The van der Waals surface area contributed by atoms with Crippen molar-refractivity contribution in [3.63, 3.8) is 0 Å². The van der Waals surface area contributed by atoms with Gasteiger partial charge in [0.25, 0.3) is 0 Å². The summed E-state index contributed by atoms with van der Waals surface area (Å²) in [5.41, 5.74) is 2.29. The minimum Gasteiger partial charge on any atom is -0.497 e. The van der Waals surface area contributed by atoms with Gasteiger partial charge in [-0.2, -0.15) is 0 Å². The molecule has 2 rings (SSSR count). The second-order valence-electron chi connectivity index (χ2n) is 5.40. The number of methoxy groups -OCH3 is 1. The number of aryl methyl sites for hydroxylation is 1. The van der Waals surface area contributed by atoms with E-state index in [0.717, 1.165) is 30.7 Å². The predicted molar refractivity (Wildman–Crippen MR) is 81.0 cm³/mol. The summed E-state index contributed by atoms with van der Waals surface area (Å²) < 4.78 is 29.3. The zero-order valence-corrected chi connectivity index (χ0v) is 13.2. The molecule has 0 saturated heterocycles. The molecular formula is C15H23NO3S. The van der Waals surface area contributed by atoms with E-state index in [1.807, 2.05) is 18.2 Å². The van der Waals surface area contributed by atoms with Crippen LogP contribution in [0.2, 0.25) is 0 Å². The first-order chi connectivity index (χ1) is 9.47. The van der Waals surface area contributed by atoms with Crippen LogP contribution in [0.4, 0.5) is 0 Å². The fourth-order valence-electron chi connectivity index (χ4n) is 2.90. The molecule has 1 aromatic rings. The molecule has 0 heterocycles. The van der Waals surface area contributed by atoms with Gasteiger partial charge in [0.1, 0.15) is 5.75 Å². The zero-order chi connectivity index (χ0) is 14.8. The van der Waals surface area contributed by atoms with E-state index in [1.165, 1.54) is 11.8 Å². The maximum absolute atomic E-state index is 12.0. The third-order valence-electron chi connectivity index (χ3n) is 3.92. The zero-order valence-electron chi connectivity index (χ0n) is 12.3. The van der Waals surface area contributed by atoms with Crippen LogP contribution >= 0.6 is 0 Å². The smallest absolute Gasteiger partial charge is 0.152 e. The molecule has 4 nitrogen and oxygen atoms in total. The second kappa shape index (κ2) is 6.14. The second-order valence-corrected chi connectivity index (χ2v) is 7.67. The topological polar surface area (TPSA) is 55.4 Å². The van der Waals surface area contributed by atoms with Crippen molar-refractivity contribution in [2.24, 2.45) is 0 Å². The molecule has 0 bridgehead atoms. The highest BCUT2D eigenvalue weighted by molar-refractivity contribution is 7.91. The molecule has 1 aliphatic carbocycles. The van der Waals surface area contributed by atoms with Crippen LogP contribution in [-0.2, 0) is 16.3 Å². The van der Waals surface area contributed by atoms with Gasteiger partial charge in [0.15, 0.2) is 9.84 Å². The molecule has 5 heteroatoms. The van der Waals surface area contributed by atoms with Gasteiger partial charge in [0, 0.05) is 12.3 Å². The third-order valence-corrected chi connectivity index (χ3v) is 5.53. The van der Waals surface area contributed by atoms with Crippen molar-refractivity contribution >= 4 is 9.84 Å². The van der Waals surface area contributed by atoms with Gasteiger partial charge in [-0.25, -0.2) is 8.42 Å². The first-order valence-electron chi connectivity index (χ1n) is 7.06. The van der Waals surface area contributed by atoms with E-state index < -0.39 is 9.84 Å². The van der Waals surface area contributed by atoms with Crippen molar-refractivity contribution in [1.82, 2.24) is 5.32 Å². The Morgan fingerprint density at radius 3 is 2.75 bits per heavy atom. The highest BCUT2D eigenvalue weighted by Gasteiger charge is 2.35. The molecule has 2 atom stereocenters. The van der Waals surface area contributed by atoms with Crippen LogP contribution in [0.3, 0.4) is 0 Å². The highest BCUT2D eigenvalue weighted by Crippen LogP contribution is 2.35. The lowest BCUT2D eigenvalue weighted by atomic mass is 9.87. The number of sulfone groups is 1. The lowest BCUT2D eigenvalue weighted by Gasteiger charge is -2.33. The third kappa shape index (κ3) is 3.15. The number of nitrogens with one attached hydrogen (secondary N) is 1. The number of fused-ring (bicyclic) bond motifs is 1. The molecule has 0 saturated carbocycles. The lowest BCUT2D eigenvalue weighted by molar-refractivity contribution is 0.410. The summed E-state index contributed by atoms with van der Waals surface area (Å²) in [4.78, 5) is 0. The maximum atomic E-state index is 12.0. The van der Waals surface area contributed by atoms with E-state index in [2.05, 4.69) is 12.2 Å². The monoisotopic (exact) mass is 297 g/mol. The molecule has 1 N–H and O–H groups in total. The summed E-state index contributed by atoms with van der Waals surface area (Å²) in [6.45, 7) is 2.91. The van der Waals surface area contributed by atoms with E-state index in [-0.39, 0.29) is 11.3 Å². The van der Waals surface area contributed by atoms with Gasteiger partial charge in [-0.3, -0.25) is 0 Å². The number of ether oxygens (including phenoxy) is 1. The molecule has 0 amide bonds. The van der Waals surface area contributed by atoms with Crippen molar-refractivity contribution in [1.29, 1.82) is 0 Å². The maximum Gasteiger partial charge on any atom is 0.152 e. The number of hydrogen-bond acceptors (Lipinski definition) is 4. The average molecular weight is 297 g/mol. The molecule has 112 valence electrons. The number of hydrogen-bond donors (Lipinski definition) is 1. The molecule has 1 aliphatic rings. The molecule has 0 radical (unpaired) electrons. The minimum absolute atomic E-state index is 0.111. The Bertz CT molecular complexity index is 568. The Labute approximate surface area is 121 Å². The lowest BCUT2D eigenvalue weighted by Crippen LogP contribution is -2.40. The van der Waals surface area contributed by atoms with Gasteiger partial charge < -0.3 is 10.1 Å². The van der Waals surface area contributed by atoms with Crippen molar-refractivity contribution in [3.8, 4) is 5.75 Å². The Morgan fingerprint density at radius 2 is 2.15 bits per heavy atom. The summed E-state index contributed by atoms with van der Waals surface area (Å²) in [6.07, 6.45) is 3.78. The Balaban J connectivity index is 2.39. The van der Waals surface area contributed by atoms with Crippen LogP contribution < -0.4 is 10.1 Å². The van der Waals surface area contributed by atoms with Crippen LogP contribution in [0.1, 0.15) is 36.9 Å². The van der Waals surface area contributed by atoms with Gasteiger partial charge in [0.05, 0.1) is 12.4 Å². The van der Waals surface area contributed by atoms with Crippen LogP contribution in [0, 0.1) is 0 Å². The predicted octanol–water partition coefficient (Wildman–Crippen LogP) is 2.10. The number of benzene rings is 1. The Kier molecular flexibility index (Phi) is 4.70. The molecule has 1 aromatic carbocycles. The van der Waals surface area contributed by atoms with Crippen LogP contribution in [0.25, 0.3) is 0 Å². The fraction of sp³-hybridized carbons (Fsp3) is 0.600. The molecule has 0 fully saturated rings. The van der Waals surface area contributed by atoms with Gasteiger partial charge in [-0.15, -0.1) is 0 Å². The van der Waals surface area contributed by atoms with E-state index in [4.69, 9.17) is 4.74 Å². The molecule has 0 aromatic heterocycles. The van der Waals surface area contributed by atoms with Crippen LogP contribution in [0.15, 0.2) is 18.2 Å². The largest absolute Gasteiger partial charge is 0.497 e. The standard InChI is InChI=1S/C15H23NO3S/c1-4-9-16-15-13-7-6-12(19-2)10-11(13)5-8-14(15)20(3,17)18/h6-7,10,14-16H,4-5,8-9H2,1-3H3. The first kappa shape index (κ1) is 15.3. The quantitative estimate of drug-likeness (QED) is 0.904. The Hall–Kier alpha value is -1.07. The summed E-state index contributed by atoms with van der Waals surface area (Å²) >= 11 is 0. The molecule has 0 spiro atoms. The van der Waals surface area contributed by atoms with Gasteiger partial charge in [0.2, 0.25) is 0 Å². The van der Waals surface area contributed by atoms with E-state index >= 15 is 0 Å². The van der Waals surface area contributed by atoms with Crippen LogP contribution in [-0.4, -0.2) is 33.6 Å². The summed E-state index contributed by atoms with van der Waals surface area (Å²) in [5, 5.41) is 3.06. The summed E-state index contributed by atoms with van der Waals surface area (Å²) in [5.74, 6) is 0.829. The van der Waals surface area contributed by atoms with Crippen molar-refractivity contribution in [2.45, 2.75) is 37.5 Å². The van der Waals surface area contributed by atoms with E-state index in [9.17, 15) is 8.42 Å². The van der Waals surface area contributed by atoms with Gasteiger partial charge in [-0.05, 0) is 49.1 Å². The molecule has 2 unspecified atom stereocenters. The van der Waals surface area contributed by atoms with E-state index in [0.29, 0.717) is 6.42 Å². The van der Waals surface area contributed by atoms with Crippen LogP contribution in [0.5, 0.6) is 5.75 Å².